The summed E-state index contributed by atoms with van der Waals surface area (Å²) in [5.74, 6) is 0. The van der Waals surface area contributed by atoms with Gasteiger partial charge in [0, 0.05) is 12.1 Å². The molecule has 0 heterocycles. The van der Waals surface area contributed by atoms with Gasteiger partial charge in [0.05, 0.1) is 16.9 Å². The van der Waals surface area contributed by atoms with E-state index in [0.29, 0.717) is 0 Å². The minimum atomic E-state index is -3.76. The summed E-state index contributed by atoms with van der Waals surface area (Å²) in [4.78, 5) is 9.54. The number of benzene rings is 1. The van der Waals surface area contributed by atoms with Crippen LogP contribution in [0.1, 0.15) is 0 Å². The third kappa shape index (κ3) is 2.06. The Morgan fingerprint density at radius 1 is 1.29 bits per heavy atom. The number of nitro groups is 1. The minimum absolute atomic E-state index is 0.106. The van der Waals surface area contributed by atoms with Gasteiger partial charge in [-0.3, -0.25) is 14.3 Å². The molecule has 0 saturated carbocycles. The largest absolute Gasteiger partial charge is 0.296 e. The topological polar surface area (TPSA) is 86.5 Å². The number of hydrogen-bond donors (Lipinski definition) is 0. The van der Waals surface area contributed by atoms with E-state index in [-0.39, 0.29) is 10.6 Å². The predicted molar refractivity (Wildman–Crippen MR) is 47.3 cm³/mol. The predicted octanol–water partition coefficient (Wildman–Crippen LogP) is 0.930. The van der Waals surface area contributed by atoms with Crippen molar-refractivity contribution < 1.29 is 17.5 Å². The lowest BCUT2D eigenvalue weighted by Gasteiger charge is -1.99. The fourth-order valence-electron chi connectivity index (χ4n) is 0.831. The van der Waals surface area contributed by atoms with E-state index < -0.39 is 15.0 Å². The van der Waals surface area contributed by atoms with Crippen LogP contribution in [0, 0.1) is 10.1 Å². The number of hydrogen-bond acceptors (Lipinski definition) is 5. The molecule has 0 aliphatic rings. The smallest absolute Gasteiger partial charge is 0.270 e. The first kappa shape index (κ1) is 10.6. The van der Waals surface area contributed by atoms with Crippen LogP contribution in [0.4, 0.5) is 5.69 Å². The number of nitro benzene ring substituents is 1. The van der Waals surface area contributed by atoms with E-state index in [1.165, 1.54) is 0 Å². The summed E-state index contributed by atoms with van der Waals surface area (Å²) in [6.45, 7) is 0. The Bertz CT molecular complexity index is 436. The Morgan fingerprint density at radius 2 is 1.79 bits per heavy atom. The summed E-state index contributed by atoms with van der Waals surface area (Å²) < 4.78 is 26.4. The summed E-state index contributed by atoms with van der Waals surface area (Å²) >= 11 is 0. The van der Waals surface area contributed by atoms with Gasteiger partial charge in [0.2, 0.25) is 0 Å². The molecule has 14 heavy (non-hydrogen) atoms. The van der Waals surface area contributed by atoms with Crippen LogP contribution in [-0.2, 0) is 14.3 Å². The molecule has 0 amide bonds. The van der Waals surface area contributed by atoms with Crippen molar-refractivity contribution in [2.75, 3.05) is 7.11 Å². The highest BCUT2D eigenvalue weighted by molar-refractivity contribution is 7.86. The highest BCUT2D eigenvalue weighted by atomic mass is 32.2. The maximum atomic E-state index is 11.1. The zero-order valence-electron chi connectivity index (χ0n) is 7.21. The zero-order valence-corrected chi connectivity index (χ0v) is 8.02. The van der Waals surface area contributed by atoms with Crippen LogP contribution in [0.5, 0.6) is 0 Å². The molecule has 6 nitrogen and oxygen atoms in total. The van der Waals surface area contributed by atoms with Gasteiger partial charge in [-0.2, -0.15) is 8.42 Å². The summed E-state index contributed by atoms with van der Waals surface area (Å²) in [6.07, 6.45) is 0. The fraction of sp³-hybridized carbons (Fsp3) is 0.143. The molecule has 1 rings (SSSR count). The van der Waals surface area contributed by atoms with Gasteiger partial charge < -0.3 is 0 Å². The molecule has 1 aromatic carbocycles. The van der Waals surface area contributed by atoms with Crippen molar-refractivity contribution in [1.29, 1.82) is 0 Å². The van der Waals surface area contributed by atoms with Gasteiger partial charge in [0.1, 0.15) is 0 Å². The van der Waals surface area contributed by atoms with Crippen LogP contribution in [0.25, 0.3) is 0 Å². The highest BCUT2D eigenvalue weighted by Gasteiger charge is 2.14. The molecule has 7 heteroatoms. The summed E-state index contributed by atoms with van der Waals surface area (Å²) in [5.41, 5.74) is -0.167. The lowest BCUT2D eigenvalue weighted by Crippen LogP contribution is -2.02. The molecule has 76 valence electrons. The van der Waals surface area contributed by atoms with Gasteiger partial charge in [0.15, 0.2) is 0 Å². The van der Waals surface area contributed by atoms with Gasteiger partial charge in [-0.1, -0.05) is 0 Å². The van der Waals surface area contributed by atoms with Crippen molar-refractivity contribution in [2.24, 2.45) is 0 Å². The number of non-ortho nitro benzene ring substituents is 1. The van der Waals surface area contributed by atoms with E-state index in [1.807, 2.05) is 0 Å². The molecule has 0 bridgehead atoms. The third-order valence-corrected chi connectivity index (χ3v) is 2.84. The molecule has 0 aromatic heterocycles. The molecular weight excluding hydrogens is 210 g/mol. The van der Waals surface area contributed by atoms with Crippen molar-refractivity contribution in [2.45, 2.75) is 4.90 Å². The Kier molecular flexibility index (Phi) is 2.82. The van der Waals surface area contributed by atoms with Gasteiger partial charge in [-0.25, -0.2) is 0 Å². The SMILES string of the molecule is COS(=O)(=O)c1ccc([N+](=O)[O-])cc1. The van der Waals surface area contributed by atoms with E-state index in [0.717, 1.165) is 31.4 Å². The van der Waals surface area contributed by atoms with Crippen molar-refractivity contribution in [3.05, 3.63) is 34.4 Å². The first-order chi connectivity index (χ1) is 6.47. The van der Waals surface area contributed by atoms with Gasteiger partial charge in [-0.05, 0) is 12.1 Å². The Balaban J connectivity index is 3.12. The standard InChI is InChI=1S/C7H7NO5S/c1-13-14(11,12)7-4-2-6(3-5-7)8(9)10/h2-5H,1H3. The quantitative estimate of drug-likeness (QED) is 0.427. The van der Waals surface area contributed by atoms with Crippen LogP contribution in [0.2, 0.25) is 0 Å². The van der Waals surface area contributed by atoms with Crippen LogP contribution >= 0.6 is 0 Å². The zero-order chi connectivity index (χ0) is 10.8. The average molecular weight is 217 g/mol. The Morgan fingerprint density at radius 3 is 2.14 bits per heavy atom. The van der Waals surface area contributed by atoms with E-state index in [2.05, 4.69) is 4.18 Å². The number of nitrogens with zero attached hydrogens (tertiary/aromatic N) is 1. The minimum Gasteiger partial charge on any atom is -0.270 e. The van der Waals surface area contributed by atoms with E-state index in [4.69, 9.17) is 0 Å². The maximum Gasteiger partial charge on any atom is 0.296 e. The van der Waals surface area contributed by atoms with Crippen LogP contribution in [0.15, 0.2) is 29.2 Å². The molecule has 0 atom stereocenters. The first-order valence-corrected chi connectivity index (χ1v) is 4.93. The van der Waals surface area contributed by atoms with Crippen molar-refractivity contribution in [3.63, 3.8) is 0 Å². The molecule has 1 aromatic rings. The lowest BCUT2D eigenvalue weighted by molar-refractivity contribution is -0.384. The molecule has 0 radical (unpaired) electrons. The van der Waals surface area contributed by atoms with Gasteiger partial charge in [0.25, 0.3) is 15.8 Å². The normalized spacial score (nSPS) is 11.2. The van der Waals surface area contributed by atoms with Gasteiger partial charge >= 0.3 is 0 Å². The molecule has 0 aliphatic heterocycles. The van der Waals surface area contributed by atoms with Crippen molar-refractivity contribution in [1.82, 2.24) is 0 Å². The lowest BCUT2D eigenvalue weighted by atomic mass is 10.3. The van der Waals surface area contributed by atoms with Crippen LogP contribution in [-0.4, -0.2) is 20.5 Å². The van der Waals surface area contributed by atoms with E-state index in [9.17, 15) is 18.5 Å². The molecule has 0 saturated heterocycles. The second-order valence-corrected chi connectivity index (χ2v) is 4.08. The maximum absolute atomic E-state index is 11.1. The van der Waals surface area contributed by atoms with Gasteiger partial charge in [-0.15, -0.1) is 0 Å². The van der Waals surface area contributed by atoms with E-state index in [1.54, 1.807) is 0 Å². The van der Waals surface area contributed by atoms with Crippen molar-refractivity contribution in [3.8, 4) is 0 Å². The Labute approximate surface area is 80.4 Å². The van der Waals surface area contributed by atoms with Crippen molar-refractivity contribution >= 4 is 15.8 Å². The molecule has 0 aliphatic carbocycles. The van der Waals surface area contributed by atoms with Crippen LogP contribution < -0.4 is 0 Å². The Hall–Kier alpha value is -1.47. The molecular formula is C7H7NO5S. The molecule has 0 unspecified atom stereocenters. The first-order valence-electron chi connectivity index (χ1n) is 3.52. The summed E-state index contributed by atoms with van der Waals surface area (Å²) in [6, 6.07) is 4.45. The third-order valence-electron chi connectivity index (χ3n) is 1.56. The summed E-state index contributed by atoms with van der Waals surface area (Å²) in [7, 11) is -2.74. The molecule has 0 N–H and O–H groups in total. The second kappa shape index (κ2) is 3.72. The highest BCUT2D eigenvalue weighted by Crippen LogP contribution is 2.16. The van der Waals surface area contributed by atoms with Crippen LogP contribution in [0.3, 0.4) is 0 Å². The monoisotopic (exact) mass is 217 g/mol. The fourth-order valence-corrected chi connectivity index (χ4v) is 1.49. The summed E-state index contributed by atoms with van der Waals surface area (Å²) in [5, 5.41) is 10.3. The molecule has 0 fully saturated rings. The number of rotatable bonds is 3. The second-order valence-electron chi connectivity index (χ2n) is 2.37. The molecule has 0 spiro atoms. The average Bonchev–Trinajstić information content (AvgIpc) is 2.18. The van der Waals surface area contributed by atoms with E-state index >= 15 is 0 Å².